The molecule has 9 nitrogen and oxygen atoms in total. The molecule has 0 spiro atoms. The number of carbonyl (C=O) groups excluding carboxylic acids is 2. The lowest BCUT2D eigenvalue weighted by atomic mass is 10.1. The van der Waals surface area contributed by atoms with Crippen LogP contribution in [0.4, 0.5) is 11.4 Å². The highest BCUT2D eigenvalue weighted by molar-refractivity contribution is 6.33. The van der Waals surface area contributed by atoms with E-state index in [1.165, 1.54) is 24.3 Å². The van der Waals surface area contributed by atoms with Gasteiger partial charge in [-0.2, -0.15) is 0 Å². The largest absolute Gasteiger partial charge is 0.507 e. The average Bonchev–Trinajstić information content (AvgIpc) is 2.74. The first-order chi connectivity index (χ1) is 14.3. The minimum absolute atomic E-state index is 0.0634. The molecule has 158 valence electrons. The topological polar surface area (TPSA) is 116 Å². The van der Waals surface area contributed by atoms with Crippen molar-refractivity contribution in [1.29, 1.82) is 0 Å². The second-order valence-electron chi connectivity index (χ2n) is 6.93. The SMILES string of the molecule is C[C@@H](C(=O)Nc1cc([N+](=O)[O-])ccc1Cl)N1CCN(C(=O)c2ccccc2O)CC1. The van der Waals surface area contributed by atoms with Gasteiger partial charge in [-0.15, -0.1) is 0 Å². The van der Waals surface area contributed by atoms with Crippen molar-refractivity contribution in [2.45, 2.75) is 13.0 Å². The smallest absolute Gasteiger partial charge is 0.271 e. The molecule has 0 unspecified atom stereocenters. The molecule has 0 aliphatic carbocycles. The minimum Gasteiger partial charge on any atom is -0.507 e. The number of nitro benzene ring substituents is 1. The third-order valence-corrected chi connectivity index (χ3v) is 5.41. The normalized spacial score (nSPS) is 15.5. The van der Waals surface area contributed by atoms with Crippen molar-refractivity contribution in [3.05, 3.63) is 63.2 Å². The standard InChI is InChI=1S/C20H21ClN4O5/c1-13(19(27)22-17-12-14(25(29)30)6-7-16(17)21)23-8-10-24(11-9-23)20(28)15-4-2-3-5-18(15)26/h2-7,12-13,26H,8-11H2,1H3,(H,22,27)/t13-/m0/s1. The quantitative estimate of drug-likeness (QED) is 0.554. The molecule has 1 heterocycles. The predicted octanol–water partition coefficient (Wildman–Crippen LogP) is 2.74. The van der Waals surface area contributed by atoms with Crippen molar-refractivity contribution in [1.82, 2.24) is 9.80 Å². The van der Waals surface area contributed by atoms with Crippen LogP contribution >= 0.6 is 11.6 Å². The molecule has 2 aromatic carbocycles. The van der Waals surface area contributed by atoms with Gasteiger partial charge >= 0.3 is 0 Å². The van der Waals surface area contributed by atoms with Gasteiger partial charge in [0.2, 0.25) is 5.91 Å². The predicted molar refractivity (Wildman–Crippen MR) is 112 cm³/mol. The molecule has 1 fully saturated rings. The van der Waals surface area contributed by atoms with E-state index in [0.29, 0.717) is 26.2 Å². The number of para-hydroxylation sites is 1. The Kier molecular flexibility index (Phi) is 6.53. The van der Waals surface area contributed by atoms with E-state index in [9.17, 15) is 24.8 Å². The number of nitro groups is 1. The maximum Gasteiger partial charge on any atom is 0.271 e. The zero-order valence-electron chi connectivity index (χ0n) is 16.2. The van der Waals surface area contributed by atoms with Crippen molar-refractivity contribution in [3.63, 3.8) is 0 Å². The first kappa shape index (κ1) is 21.5. The number of carbonyl (C=O) groups is 2. The number of aromatic hydroxyl groups is 1. The summed E-state index contributed by atoms with van der Waals surface area (Å²) < 4.78 is 0. The molecular weight excluding hydrogens is 412 g/mol. The van der Waals surface area contributed by atoms with Crippen LogP contribution in [0.1, 0.15) is 17.3 Å². The number of benzene rings is 2. The number of amides is 2. The Balaban J connectivity index is 1.60. The molecule has 2 N–H and O–H groups in total. The van der Waals surface area contributed by atoms with Crippen molar-refractivity contribution in [2.75, 3.05) is 31.5 Å². The summed E-state index contributed by atoms with van der Waals surface area (Å²) in [6.07, 6.45) is 0. The summed E-state index contributed by atoms with van der Waals surface area (Å²) in [5, 5.41) is 23.7. The van der Waals surface area contributed by atoms with Crippen LogP contribution < -0.4 is 5.32 Å². The number of halogens is 1. The summed E-state index contributed by atoms with van der Waals surface area (Å²) in [5.74, 6) is -0.669. The maximum absolute atomic E-state index is 12.6. The van der Waals surface area contributed by atoms with Gasteiger partial charge < -0.3 is 15.3 Å². The van der Waals surface area contributed by atoms with Gasteiger partial charge in [-0.05, 0) is 25.1 Å². The van der Waals surface area contributed by atoms with Crippen LogP contribution in [-0.4, -0.2) is 63.9 Å². The highest BCUT2D eigenvalue weighted by atomic mass is 35.5. The molecule has 2 amide bonds. The highest BCUT2D eigenvalue weighted by Crippen LogP contribution is 2.27. The monoisotopic (exact) mass is 432 g/mol. The lowest BCUT2D eigenvalue weighted by Gasteiger charge is -2.37. The molecule has 1 aliphatic rings. The number of hydrogen-bond donors (Lipinski definition) is 2. The van der Waals surface area contributed by atoms with Gasteiger partial charge in [0, 0.05) is 38.3 Å². The van der Waals surface area contributed by atoms with Gasteiger partial charge in [-0.3, -0.25) is 24.6 Å². The Morgan fingerprint density at radius 2 is 1.83 bits per heavy atom. The Hall–Kier alpha value is -3.17. The number of phenolic OH excluding ortho intramolecular Hbond substituents is 1. The van der Waals surface area contributed by atoms with E-state index in [-0.39, 0.29) is 39.5 Å². The summed E-state index contributed by atoms with van der Waals surface area (Å²) >= 11 is 6.04. The number of nitrogens with one attached hydrogen (secondary N) is 1. The van der Waals surface area contributed by atoms with Gasteiger partial charge in [-0.1, -0.05) is 23.7 Å². The van der Waals surface area contributed by atoms with Crippen LogP contribution in [0.25, 0.3) is 0 Å². The number of hydrogen-bond acceptors (Lipinski definition) is 6. The van der Waals surface area contributed by atoms with Crippen molar-refractivity contribution in [2.24, 2.45) is 0 Å². The van der Waals surface area contributed by atoms with E-state index in [1.807, 2.05) is 4.90 Å². The molecule has 10 heteroatoms. The molecule has 0 radical (unpaired) electrons. The molecular formula is C20H21ClN4O5. The second kappa shape index (κ2) is 9.10. The van der Waals surface area contributed by atoms with Crippen LogP contribution in [0.5, 0.6) is 5.75 Å². The molecule has 0 aromatic heterocycles. The molecule has 3 rings (SSSR count). The molecule has 0 bridgehead atoms. The van der Waals surface area contributed by atoms with E-state index in [2.05, 4.69) is 5.32 Å². The van der Waals surface area contributed by atoms with E-state index < -0.39 is 11.0 Å². The maximum atomic E-state index is 12.6. The Morgan fingerprint density at radius 3 is 2.47 bits per heavy atom. The first-order valence-corrected chi connectivity index (χ1v) is 9.72. The van der Waals surface area contributed by atoms with Gasteiger partial charge in [0.25, 0.3) is 11.6 Å². The van der Waals surface area contributed by atoms with Gasteiger partial charge in [0.15, 0.2) is 0 Å². The fraction of sp³-hybridized carbons (Fsp3) is 0.300. The number of non-ortho nitro benzene ring substituents is 1. The fourth-order valence-corrected chi connectivity index (χ4v) is 3.43. The molecule has 0 saturated carbocycles. The number of phenols is 1. The van der Waals surface area contributed by atoms with Gasteiger partial charge in [0.1, 0.15) is 5.75 Å². The van der Waals surface area contributed by atoms with E-state index in [0.717, 1.165) is 0 Å². The fourth-order valence-electron chi connectivity index (χ4n) is 3.26. The van der Waals surface area contributed by atoms with Crippen LogP contribution in [0, 0.1) is 10.1 Å². The van der Waals surface area contributed by atoms with Crippen LogP contribution in [0.3, 0.4) is 0 Å². The summed E-state index contributed by atoms with van der Waals surface area (Å²) in [6.45, 7) is 3.47. The summed E-state index contributed by atoms with van der Waals surface area (Å²) in [4.78, 5) is 39.1. The number of piperazine rings is 1. The van der Waals surface area contributed by atoms with Gasteiger partial charge in [0.05, 0.1) is 27.2 Å². The number of nitrogens with zero attached hydrogens (tertiary/aromatic N) is 3. The third-order valence-electron chi connectivity index (χ3n) is 5.08. The minimum atomic E-state index is -0.559. The Labute approximate surface area is 178 Å². The number of rotatable bonds is 5. The Morgan fingerprint density at radius 1 is 1.17 bits per heavy atom. The first-order valence-electron chi connectivity index (χ1n) is 9.34. The van der Waals surface area contributed by atoms with E-state index in [4.69, 9.17) is 11.6 Å². The number of anilines is 1. The van der Waals surface area contributed by atoms with E-state index in [1.54, 1.807) is 30.0 Å². The van der Waals surface area contributed by atoms with Crippen molar-refractivity contribution >= 4 is 34.8 Å². The zero-order valence-corrected chi connectivity index (χ0v) is 17.0. The lowest BCUT2D eigenvalue weighted by Crippen LogP contribution is -2.54. The van der Waals surface area contributed by atoms with E-state index >= 15 is 0 Å². The molecule has 1 saturated heterocycles. The lowest BCUT2D eigenvalue weighted by molar-refractivity contribution is -0.384. The average molecular weight is 433 g/mol. The van der Waals surface area contributed by atoms with Crippen molar-refractivity contribution < 1.29 is 19.6 Å². The van der Waals surface area contributed by atoms with Gasteiger partial charge in [-0.25, -0.2) is 0 Å². The highest BCUT2D eigenvalue weighted by Gasteiger charge is 2.29. The second-order valence-corrected chi connectivity index (χ2v) is 7.34. The van der Waals surface area contributed by atoms with Crippen LogP contribution in [0.2, 0.25) is 5.02 Å². The summed E-state index contributed by atoms with van der Waals surface area (Å²) in [6, 6.07) is 9.70. The summed E-state index contributed by atoms with van der Waals surface area (Å²) in [5.41, 5.74) is 0.256. The zero-order chi connectivity index (χ0) is 21.8. The molecule has 1 atom stereocenters. The molecule has 30 heavy (non-hydrogen) atoms. The molecule has 2 aromatic rings. The third kappa shape index (κ3) is 4.69. The Bertz CT molecular complexity index is 975. The summed E-state index contributed by atoms with van der Waals surface area (Å²) in [7, 11) is 0. The van der Waals surface area contributed by atoms with Crippen molar-refractivity contribution in [3.8, 4) is 5.75 Å². The molecule has 1 aliphatic heterocycles. The van der Waals surface area contributed by atoms with Crippen LogP contribution in [0.15, 0.2) is 42.5 Å². The van der Waals surface area contributed by atoms with Crippen LogP contribution in [-0.2, 0) is 4.79 Å².